The van der Waals surface area contributed by atoms with E-state index in [1.165, 1.54) is 60.7 Å². The number of para-hydroxylation sites is 2. The van der Waals surface area contributed by atoms with Crippen molar-refractivity contribution < 1.29 is 4.42 Å². The summed E-state index contributed by atoms with van der Waals surface area (Å²) in [5.41, 5.74) is 15.6. The smallest absolute Gasteiger partial charge is 0.142 e. The molecule has 11 rings (SSSR count). The van der Waals surface area contributed by atoms with Gasteiger partial charge in [0.1, 0.15) is 11.3 Å². The van der Waals surface area contributed by atoms with Gasteiger partial charge in [-0.15, -0.1) is 11.8 Å². The minimum absolute atomic E-state index is 0.265. The van der Waals surface area contributed by atoms with Crippen LogP contribution >= 0.6 is 11.8 Å². The van der Waals surface area contributed by atoms with Gasteiger partial charge in [-0.1, -0.05) is 152 Å². The molecule has 250 valence electrons. The van der Waals surface area contributed by atoms with Crippen molar-refractivity contribution in [2.45, 2.75) is 10.5 Å². The third-order valence-electron chi connectivity index (χ3n) is 11.0. The van der Waals surface area contributed by atoms with Gasteiger partial charge < -0.3 is 9.32 Å². The average Bonchev–Trinajstić information content (AvgIpc) is 3.93. The number of rotatable bonds is 6. The van der Waals surface area contributed by atoms with E-state index in [0.717, 1.165) is 34.0 Å². The maximum Gasteiger partial charge on any atom is 0.142 e. The molecule has 53 heavy (non-hydrogen) atoms. The predicted octanol–water partition coefficient (Wildman–Crippen LogP) is 14.3. The van der Waals surface area contributed by atoms with Crippen molar-refractivity contribution in [3.63, 3.8) is 0 Å². The van der Waals surface area contributed by atoms with E-state index in [2.05, 4.69) is 193 Å². The first-order valence-corrected chi connectivity index (χ1v) is 19.2. The van der Waals surface area contributed by atoms with Crippen molar-refractivity contribution >= 4 is 50.6 Å². The zero-order valence-corrected chi connectivity index (χ0v) is 29.6. The molecule has 2 aliphatic heterocycles. The van der Waals surface area contributed by atoms with Crippen molar-refractivity contribution in [1.82, 2.24) is 0 Å². The van der Waals surface area contributed by atoms with Gasteiger partial charge in [0.25, 0.3) is 0 Å². The first-order valence-electron chi connectivity index (χ1n) is 18.2. The minimum atomic E-state index is 0.265. The van der Waals surface area contributed by atoms with Gasteiger partial charge in [0.05, 0.1) is 16.2 Å². The Morgan fingerprint density at radius 3 is 1.81 bits per heavy atom. The number of anilines is 3. The maximum atomic E-state index is 6.91. The number of hydrogen-bond donors (Lipinski definition) is 0. The van der Waals surface area contributed by atoms with Gasteiger partial charge in [0.2, 0.25) is 0 Å². The number of benzene rings is 8. The molecule has 2 nitrogen and oxygen atoms in total. The van der Waals surface area contributed by atoms with Gasteiger partial charge in [-0.3, -0.25) is 0 Å². The molecule has 0 fully saturated rings. The summed E-state index contributed by atoms with van der Waals surface area (Å²) in [6, 6.07) is 68.0. The number of furan rings is 1. The van der Waals surface area contributed by atoms with Gasteiger partial charge in [-0.05, 0) is 80.7 Å². The summed E-state index contributed by atoms with van der Waals surface area (Å²) in [6.07, 6.45) is 0. The van der Waals surface area contributed by atoms with Gasteiger partial charge in [0.15, 0.2) is 0 Å². The van der Waals surface area contributed by atoms with Crippen molar-refractivity contribution in [2.24, 2.45) is 0 Å². The van der Waals surface area contributed by atoms with Gasteiger partial charge >= 0.3 is 0 Å². The Hall–Kier alpha value is -6.29. The van der Waals surface area contributed by atoms with Crippen LogP contribution in [0.3, 0.4) is 0 Å². The van der Waals surface area contributed by atoms with Crippen LogP contribution in [0.25, 0.3) is 55.1 Å². The second kappa shape index (κ2) is 12.2. The van der Waals surface area contributed by atoms with E-state index in [-0.39, 0.29) is 5.25 Å². The van der Waals surface area contributed by atoms with Crippen LogP contribution in [0.15, 0.2) is 192 Å². The molecule has 2 unspecified atom stereocenters. The Balaban J connectivity index is 1.05. The monoisotopic (exact) mass is 695 g/mol. The van der Waals surface area contributed by atoms with E-state index >= 15 is 0 Å². The second-order valence-electron chi connectivity index (χ2n) is 13.9. The molecule has 0 radical (unpaired) electrons. The summed E-state index contributed by atoms with van der Waals surface area (Å²) in [6.45, 7) is 0. The first-order chi connectivity index (χ1) is 26.3. The Kier molecular flexibility index (Phi) is 6.96. The third kappa shape index (κ3) is 4.81. The molecule has 0 amide bonds. The van der Waals surface area contributed by atoms with E-state index in [0.29, 0.717) is 5.25 Å². The Morgan fingerprint density at radius 1 is 0.415 bits per heavy atom. The van der Waals surface area contributed by atoms with Gasteiger partial charge in [-0.25, -0.2) is 0 Å². The van der Waals surface area contributed by atoms with Gasteiger partial charge in [0, 0.05) is 33.3 Å². The molecule has 3 heteroatoms. The van der Waals surface area contributed by atoms with E-state index in [1.807, 2.05) is 11.8 Å². The van der Waals surface area contributed by atoms with Crippen molar-refractivity contribution in [2.75, 3.05) is 4.90 Å². The van der Waals surface area contributed by atoms with Gasteiger partial charge in [-0.2, -0.15) is 0 Å². The summed E-state index contributed by atoms with van der Waals surface area (Å²) >= 11 is 2.02. The lowest BCUT2D eigenvalue weighted by Gasteiger charge is -2.28. The maximum absolute atomic E-state index is 6.91. The lowest BCUT2D eigenvalue weighted by Crippen LogP contribution is -2.10. The molecule has 2 atom stereocenters. The first kappa shape index (κ1) is 30.3. The Morgan fingerprint density at radius 2 is 1.00 bits per heavy atom. The Labute approximate surface area is 313 Å². The molecule has 0 N–H and O–H groups in total. The number of thioether (sulfide) groups is 1. The zero-order valence-electron chi connectivity index (χ0n) is 28.8. The van der Waals surface area contributed by atoms with Crippen LogP contribution in [0.1, 0.15) is 33.0 Å². The molecule has 0 saturated carbocycles. The van der Waals surface area contributed by atoms with Crippen LogP contribution < -0.4 is 4.90 Å². The topological polar surface area (TPSA) is 16.4 Å². The standard InChI is InChI=1S/C50H33NOS/c1-3-14-32(15-4-1)33-16-11-17-34(30-33)35-18-12-21-37(31-35)51(36-19-5-2-6-20-36)45-29-28-39(38-22-7-8-23-40(38)45)41-26-13-27-44-46-48(52-47(41)44)50-43-25-10-9-24-42(43)49(46)53-50/h1-31,49-50H. The predicted molar refractivity (Wildman–Crippen MR) is 222 cm³/mol. The highest BCUT2D eigenvalue weighted by molar-refractivity contribution is 8.00. The fourth-order valence-corrected chi connectivity index (χ4v) is 10.3. The van der Waals surface area contributed by atoms with Crippen LogP contribution in [-0.4, -0.2) is 0 Å². The minimum Gasteiger partial charge on any atom is -0.459 e. The van der Waals surface area contributed by atoms with Crippen molar-refractivity contribution in [3.8, 4) is 33.4 Å². The molecule has 0 spiro atoms. The second-order valence-corrected chi connectivity index (χ2v) is 15.1. The van der Waals surface area contributed by atoms with Crippen molar-refractivity contribution in [1.29, 1.82) is 0 Å². The molecular formula is C50H33NOS. The van der Waals surface area contributed by atoms with E-state index in [1.54, 1.807) is 0 Å². The number of nitrogens with zero attached hydrogens (tertiary/aromatic N) is 1. The zero-order chi connectivity index (χ0) is 34.9. The van der Waals surface area contributed by atoms with E-state index < -0.39 is 0 Å². The summed E-state index contributed by atoms with van der Waals surface area (Å²) in [5, 5.41) is 4.21. The average molecular weight is 696 g/mol. The molecule has 2 bridgehead atoms. The van der Waals surface area contributed by atoms with Crippen LogP contribution in [-0.2, 0) is 0 Å². The van der Waals surface area contributed by atoms with Crippen LogP contribution in [0.2, 0.25) is 0 Å². The quantitative estimate of drug-likeness (QED) is 0.172. The molecule has 0 saturated heterocycles. The molecule has 0 aliphatic carbocycles. The lowest BCUT2D eigenvalue weighted by molar-refractivity contribution is 0.556. The highest BCUT2D eigenvalue weighted by Crippen LogP contribution is 2.66. The fourth-order valence-electron chi connectivity index (χ4n) is 8.58. The van der Waals surface area contributed by atoms with E-state index in [4.69, 9.17) is 4.42 Å². The summed E-state index contributed by atoms with van der Waals surface area (Å²) in [5.74, 6) is 1.13. The van der Waals surface area contributed by atoms with E-state index in [9.17, 15) is 0 Å². The molecule has 8 aromatic carbocycles. The van der Waals surface area contributed by atoms with Crippen LogP contribution in [0.4, 0.5) is 17.1 Å². The molecule has 9 aromatic rings. The molecule has 1 aromatic heterocycles. The largest absolute Gasteiger partial charge is 0.459 e. The number of fused-ring (bicyclic) bond motifs is 11. The Bertz CT molecular complexity index is 2840. The molecule has 2 aliphatic rings. The summed E-state index contributed by atoms with van der Waals surface area (Å²) < 4.78 is 6.91. The van der Waals surface area contributed by atoms with Crippen LogP contribution in [0.5, 0.6) is 0 Å². The highest BCUT2D eigenvalue weighted by atomic mass is 32.2. The highest BCUT2D eigenvalue weighted by Gasteiger charge is 2.46. The normalized spacial score (nSPS) is 15.5. The van der Waals surface area contributed by atoms with Crippen molar-refractivity contribution in [3.05, 3.63) is 211 Å². The summed E-state index contributed by atoms with van der Waals surface area (Å²) in [7, 11) is 0. The molecular weight excluding hydrogens is 663 g/mol. The molecule has 3 heterocycles. The SMILES string of the molecule is c1ccc(-c2cccc(-c3cccc(N(c4ccccc4)c4ccc(-c5cccc6c7c(oc56)C5SC7c6ccccc65)c5ccccc45)c3)c2)cc1. The summed E-state index contributed by atoms with van der Waals surface area (Å²) in [4.78, 5) is 2.39. The fraction of sp³-hybridized carbons (Fsp3) is 0.0400. The lowest BCUT2D eigenvalue weighted by atomic mass is 9.88. The number of hydrogen-bond acceptors (Lipinski definition) is 3. The van der Waals surface area contributed by atoms with Crippen LogP contribution in [0, 0.1) is 0 Å². The third-order valence-corrected chi connectivity index (χ3v) is 12.5.